The monoisotopic (exact) mass is 941 g/mol. The molecule has 1 unspecified atom stereocenters. The fourth-order valence-corrected chi connectivity index (χ4v) is 15.6. The van der Waals surface area contributed by atoms with Gasteiger partial charge in [-0.15, -0.1) is 0 Å². The van der Waals surface area contributed by atoms with Crippen LogP contribution in [0.3, 0.4) is 0 Å². The molecule has 0 amide bonds. The number of hydrogen-bond donors (Lipinski definition) is 1. The molecule has 1 spiro atoms. The van der Waals surface area contributed by atoms with Crippen LogP contribution < -0.4 is 0 Å². The van der Waals surface area contributed by atoms with Crippen LogP contribution in [0, 0.1) is 28.6 Å². The zero-order valence-electron chi connectivity index (χ0n) is 40.7. The Bertz CT molecular complexity index is 2350. The van der Waals surface area contributed by atoms with E-state index in [1.807, 2.05) is 30.3 Å². The molecule has 2 aromatic rings. The highest BCUT2D eigenvalue weighted by atomic mass is 28.4. The molecular weight excluding hydrogens is 875 g/mol. The summed E-state index contributed by atoms with van der Waals surface area (Å²) in [5.41, 5.74) is -6.60. The van der Waals surface area contributed by atoms with E-state index in [0.29, 0.717) is 23.5 Å². The summed E-state index contributed by atoms with van der Waals surface area (Å²) in [5.74, 6) is -4.40. The first kappa shape index (κ1) is 48.7. The van der Waals surface area contributed by atoms with Gasteiger partial charge in [-0.3, -0.25) is 14.4 Å². The van der Waals surface area contributed by atoms with Crippen molar-refractivity contribution in [1.82, 2.24) is 0 Å². The number of carbonyl (C=O) groups is 5. The number of rotatable bonds is 13. The van der Waals surface area contributed by atoms with Gasteiger partial charge >= 0.3 is 23.9 Å². The lowest BCUT2D eigenvalue weighted by Gasteiger charge is -2.68. The average molecular weight is 942 g/mol. The molecule has 362 valence electrons. The van der Waals surface area contributed by atoms with E-state index in [1.165, 1.54) is 13.8 Å². The number of nitrogens with zero attached hydrogens (tertiary/aromatic N) is 1. The maximum Gasteiger partial charge on any atom is 0.350 e. The van der Waals surface area contributed by atoms with Gasteiger partial charge in [0.25, 0.3) is 0 Å². The zero-order valence-corrected chi connectivity index (χ0v) is 41.7. The molecule has 1 saturated heterocycles. The summed E-state index contributed by atoms with van der Waals surface area (Å²) in [7, 11) is -2.59. The molecule has 6 aliphatic rings. The Morgan fingerprint density at radius 2 is 1.51 bits per heavy atom. The maximum absolute atomic E-state index is 16.4. The summed E-state index contributed by atoms with van der Waals surface area (Å²) >= 11 is 0. The molecule has 2 bridgehead atoms. The second-order valence-corrected chi connectivity index (χ2v) is 25.6. The van der Waals surface area contributed by atoms with Crippen LogP contribution in [0.1, 0.15) is 111 Å². The number of hydrogen-bond acceptors (Lipinski definition) is 14. The summed E-state index contributed by atoms with van der Waals surface area (Å²) in [5, 5.41) is 14.2. The van der Waals surface area contributed by atoms with E-state index in [9.17, 15) is 24.3 Å². The van der Waals surface area contributed by atoms with Crippen LogP contribution in [-0.4, -0.2) is 109 Å². The highest BCUT2D eigenvalue weighted by Crippen LogP contribution is 2.66. The molecule has 12 atom stereocenters. The van der Waals surface area contributed by atoms with Gasteiger partial charge in [0.05, 0.1) is 29.6 Å². The van der Waals surface area contributed by atoms with Gasteiger partial charge in [0.1, 0.15) is 29.5 Å². The van der Waals surface area contributed by atoms with Crippen molar-refractivity contribution in [1.29, 1.82) is 0 Å². The second kappa shape index (κ2) is 17.4. The summed E-state index contributed by atoms with van der Waals surface area (Å²) in [6, 6.07) is 19.8. The molecule has 0 aromatic heterocycles. The number of fused-ring (bicyclic) bond motifs is 5. The van der Waals surface area contributed by atoms with Gasteiger partial charge in [-0.1, -0.05) is 84.9 Å². The average Bonchev–Trinajstić information content (AvgIpc) is 3.89. The molecule has 4 aliphatic carbocycles. The lowest BCUT2D eigenvalue weighted by atomic mass is 9.44. The van der Waals surface area contributed by atoms with Crippen molar-refractivity contribution in [3.05, 3.63) is 82.9 Å². The number of Topliss-reactive ketones (excluding diaryl/α,β-unsaturated/α-hetero) is 1. The molecule has 8 rings (SSSR count). The highest BCUT2D eigenvalue weighted by molar-refractivity contribution is 6.73. The third-order valence-corrected chi connectivity index (χ3v) is 21.4. The molecule has 4 fully saturated rings. The van der Waals surface area contributed by atoms with E-state index >= 15 is 4.79 Å². The lowest BCUT2D eigenvalue weighted by molar-refractivity contribution is -0.344. The highest BCUT2D eigenvalue weighted by Gasteiger charge is 2.79. The Morgan fingerprint density at radius 1 is 0.881 bits per heavy atom. The molecule has 1 N–H and O–H groups in total. The third kappa shape index (κ3) is 7.61. The van der Waals surface area contributed by atoms with Gasteiger partial charge in [0, 0.05) is 37.7 Å². The van der Waals surface area contributed by atoms with Crippen LogP contribution in [0.4, 0.5) is 0 Å². The Morgan fingerprint density at radius 3 is 2.04 bits per heavy atom. The first-order valence-corrected chi connectivity index (χ1v) is 26.5. The quantitative estimate of drug-likeness (QED) is 0.0903. The van der Waals surface area contributed by atoms with Crippen LogP contribution in [-0.2, 0) is 52.0 Å². The minimum Gasteiger partial charge on any atom is -0.459 e. The number of aliphatic imine (C=N–C) groups is 1. The molecule has 67 heavy (non-hydrogen) atoms. The van der Waals surface area contributed by atoms with Crippen molar-refractivity contribution in [2.75, 3.05) is 6.61 Å². The normalized spacial score (nSPS) is 36.0. The first-order valence-electron chi connectivity index (χ1n) is 24.0. The fourth-order valence-electron chi connectivity index (χ4n) is 12.7. The fraction of sp³-hybridized carbons (Fsp3) is 0.615. The van der Waals surface area contributed by atoms with Gasteiger partial charge < -0.3 is 38.0 Å². The molecule has 2 aromatic carbocycles. The first-order chi connectivity index (χ1) is 31.6. The zero-order chi connectivity index (χ0) is 48.6. The number of aliphatic hydroxyl groups is 1. The van der Waals surface area contributed by atoms with Crippen molar-refractivity contribution in [2.45, 2.75) is 167 Å². The van der Waals surface area contributed by atoms with Crippen molar-refractivity contribution < 1.29 is 61.9 Å². The largest absolute Gasteiger partial charge is 0.459 e. The Labute approximate surface area is 394 Å². The van der Waals surface area contributed by atoms with Crippen LogP contribution >= 0.6 is 0 Å². The van der Waals surface area contributed by atoms with Crippen LogP contribution in [0.5, 0.6) is 0 Å². The van der Waals surface area contributed by atoms with Gasteiger partial charge in [0.15, 0.2) is 25.8 Å². The van der Waals surface area contributed by atoms with Crippen molar-refractivity contribution in [2.24, 2.45) is 33.6 Å². The van der Waals surface area contributed by atoms with Crippen molar-refractivity contribution in [3.8, 4) is 0 Å². The van der Waals surface area contributed by atoms with E-state index < -0.39 is 108 Å². The number of esters is 4. The summed E-state index contributed by atoms with van der Waals surface area (Å²) in [6.45, 7) is 19.5. The standard InChI is InChI=1S/C52H67NO13Si/c1-12-67(13-2,14-3)66-37-25-38-51(28-60-38,65-32(8)55)41-43(64-46(57)34-23-19-16-20-24-34)52(59)27-36(30(6)39(48(52,9)10)40(61-31(7)54)42(56)49(37,41)11)62-47(58)44-50(26-35(50)29(4)5)53-45(63-44)33-21-17-15-18-22-33/h15-24,29,35-38,40-41,43-44,59H,12-14,25-28H2,1-11H3/t35?,36-,37-,38+,40+,41-,43-,44-,49+,50-,51-,52+/m0/s1. The smallest absolute Gasteiger partial charge is 0.350 e. The van der Waals surface area contributed by atoms with Crippen LogP contribution in [0.25, 0.3) is 0 Å². The molecule has 15 heteroatoms. The van der Waals surface area contributed by atoms with E-state index in [2.05, 4.69) is 34.6 Å². The topological polar surface area (TPSA) is 183 Å². The predicted octanol–water partition coefficient (Wildman–Crippen LogP) is 7.49. The maximum atomic E-state index is 16.4. The van der Waals surface area contributed by atoms with Gasteiger partial charge in [-0.2, -0.15) is 0 Å². The Balaban J connectivity index is 1.33. The minimum atomic E-state index is -2.59. The second-order valence-electron chi connectivity index (χ2n) is 20.8. The minimum absolute atomic E-state index is 0.0169. The van der Waals surface area contributed by atoms with Crippen LogP contribution in [0.15, 0.2) is 76.8 Å². The van der Waals surface area contributed by atoms with E-state index in [-0.39, 0.29) is 42.4 Å². The molecular formula is C52H67NO13Si. The van der Waals surface area contributed by atoms with E-state index in [0.717, 1.165) is 18.1 Å². The molecule has 0 radical (unpaired) electrons. The Hall–Kier alpha value is -4.70. The summed E-state index contributed by atoms with van der Waals surface area (Å²) in [4.78, 5) is 77.9. The van der Waals surface area contributed by atoms with Gasteiger partial charge in [0.2, 0.25) is 12.0 Å². The summed E-state index contributed by atoms with van der Waals surface area (Å²) in [6.07, 6.45) is -7.09. The van der Waals surface area contributed by atoms with E-state index in [1.54, 1.807) is 58.0 Å². The number of benzene rings is 2. The SMILES string of the molecule is CC[Si](CC)(CC)O[C@H]1C[C@H]2OC[C@@]2(OC(C)=O)[C@H]2[C@H](OC(=O)c3ccccc3)[C@]3(O)C[C@H](OC(=O)[C@@H]4OC(c5ccccc5)=N[C@]45CC5C(C)C)C(C)=C([C@@H](OC(C)=O)C(=O)[C@]12C)C3(C)C. The van der Waals surface area contributed by atoms with E-state index in [4.69, 9.17) is 37.8 Å². The number of ketones is 1. The third-order valence-electron chi connectivity index (χ3n) is 16.8. The predicted molar refractivity (Wildman–Crippen MR) is 248 cm³/mol. The molecule has 2 aliphatic heterocycles. The summed E-state index contributed by atoms with van der Waals surface area (Å²) < 4.78 is 45.9. The Kier molecular flexibility index (Phi) is 12.6. The number of carbonyl (C=O) groups excluding carboxylic acids is 5. The molecule has 3 saturated carbocycles. The van der Waals surface area contributed by atoms with Crippen molar-refractivity contribution >= 4 is 43.9 Å². The van der Waals surface area contributed by atoms with Gasteiger partial charge in [-0.05, 0) is 85.6 Å². The lowest BCUT2D eigenvalue weighted by Crippen LogP contribution is -2.82. The van der Waals surface area contributed by atoms with Gasteiger partial charge in [-0.25, -0.2) is 14.6 Å². The van der Waals surface area contributed by atoms with Crippen molar-refractivity contribution in [3.63, 3.8) is 0 Å². The van der Waals surface area contributed by atoms with Crippen LogP contribution in [0.2, 0.25) is 18.1 Å². The molecule has 2 heterocycles. The number of ether oxygens (including phenoxy) is 6. The molecule has 14 nitrogen and oxygen atoms in total.